The van der Waals surface area contributed by atoms with Crippen LogP contribution in [-0.4, -0.2) is 40.7 Å². The number of carbonyl (C=O) groups is 1. The number of fused-ring (bicyclic) bond motifs is 2. The SMILES string of the molecule is O=C(COc1ccc(Br)cc1Br)N1C2CCC1CC(O)C2. The van der Waals surface area contributed by atoms with Gasteiger partial charge in [-0.2, -0.15) is 0 Å². The molecule has 2 saturated heterocycles. The number of nitrogens with zero attached hydrogens (tertiary/aromatic N) is 1. The lowest BCUT2D eigenvalue weighted by atomic mass is 10.00. The van der Waals surface area contributed by atoms with Gasteiger partial charge in [-0.3, -0.25) is 4.79 Å². The fourth-order valence-corrected chi connectivity index (χ4v) is 4.52. The molecule has 114 valence electrons. The van der Waals surface area contributed by atoms with Gasteiger partial charge in [-0.05, 0) is 59.8 Å². The van der Waals surface area contributed by atoms with E-state index in [1.165, 1.54) is 0 Å². The molecule has 0 radical (unpaired) electrons. The Labute approximate surface area is 140 Å². The first-order valence-corrected chi connectivity index (χ1v) is 8.70. The first kappa shape index (κ1) is 15.3. The normalized spacial score (nSPS) is 27.8. The number of piperidine rings is 1. The van der Waals surface area contributed by atoms with Crippen molar-refractivity contribution < 1.29 is 14.6 Å². The van der Waals surface area contributed by atoms with Crippen molar-refractivity contribution in [2.75, 3.05) is 6.61 Å². The monoisotopic (exact) mass is 417 g/mol. The van der Waals surface area contributed by atoms with Crippen LogP contribution in [0, 0.1) is 0 Å². The Morgan fingerprint density at radius 3 is 2.57 bits per heavy atom. The lowest BCUT2D eigenvalue weighted by Crippen LogP contribution is -2.49. The molecule has 3 rings (SSSR count). The zero-order chi connectivity index (χ0) is 15.0. The van der Waals surface area contributed by atoms with Crippen LogP contribution < -0.4 is 4.74 Å². The van der Waals surface area contributed by atoms with Gasteiger partial charge >= 0.3 is 0 Å². The summed E-state index contributed by atoms with van der Waals surface area (Å²) in [7, 11) is 0. The molecule has 2 bridgehead atoms. The maximum Gasteiger partial charge on any atom is 0.261 e. The number of benzene rings is 1. The Balaban J connectivity index is 1.62. The van der Waals surface area contributed by atoms with Crippen LogP contribution in [0.15, 0.2) is 27.1 Å². The Morgan fingerprint density at radius 2 is 1.95 bits per heavy atom. The predicted octanol–water partition coefficient (Wildman–Crippen LogP) is 3.10. The summed E-state index contributed by atoms with van der Waals surface area (Å²) in [4.78, 5) is 14.3. The molecule has 4 nitrogen and oxygen atoms in total. The molecule has 2 unspecified atom stereocenters. The van der Waals surface area contributed by atoms with Gasteiger partial charge in [-0.1, -0.05) is 15.9 Å². The maximum atomic E-state index is 12.4. The molecule has 2 heterocycles. The van der Waals surface area contributed by atoms with Crippen LogP contribution >= 0.6 is 31.9 Å². The standard InChI is InChI=1S/C15H17Br2NO3/c16-9-1-4-14(13(17)5-9)21-8-15(20)18-10-2-3-11(18)7-12(19)6-10/h1,4-5,10-12,19H,2-3,6-8H2. The summed E-state index contributed by atoms with van der Waals surface area (Å²) in [5.41, 5.74) is 0. The van der Waals surface area contributed by atoms with Gasteiger partial charge in [0.25, 0.3) is 5.91 Å². The number of aliphatic hydroxyl groups excluding tert-OH is 1. The molecule has 2 aliphatic heterocycles. The molecule has 21 heavy (non-hydrogen) atoms. The van der Waals surface area contributed by atoms with Crippen molar-refractivity contribution in [1.29, 1.82) is 0 Å². The maximum absolute atomic E-state index is 12.4. The van der Waals surface area contributed by atoms with Gasteiger partial charge in [0.15, 0.2) is 6.61 Å². The Morgan fingerprint density at radius 1 is 1.29 bits per heavy atom. The molecular formula is C15H17Br2NO3. The van der Waals surface area contributed by atoms with Gasteiger partial charge in [-0.15, -0.1) is 0 Å². The van der Waals surface area contributed by atoms with E-state index < -0.39 is 0 Å². The molecule has 1 amide bonds. The lowest BCUT2D eigenvalue weighted by Gasteiger charge is -2.37. The van der Waals surface area contributed by atoms with Crippen molar-refractivity contribution >= 4 is 37.8 Å². The third kappa shape index (κ3) is 3.27. The quantitative estimate of drug-likeness (QED) is 0.820. The second-order valence-electron chi connectivity index (χ2n) is 5.67. The van der Waals surface area contributed by atoms with E-state index in [1.807, 2.05) is 23.1 Å². The van der Waals surface area contributed by atoms with Crippen LogP contribution in [0.3, 0.4) is 0 Å². The highest BCUT2D eigenvalue weighted by Gasteiger charge is 2.42. The number of amides is 1. The minimum atomic E-state index is -0.256. The van der Waals surface area contributed by atoms with Gasteiger partial charge in [-0.25, -0.2) is 0 Å². The molecule has 6 heteroatoms. The predicted molar refractivity (Wildman–Crippen MR) is 86.2 cm³/mol. The average Bonchev–Trinajstić information content (AvgIpc) is 2.70. The average molecular weight is 419 g/mol. The summed E-state index contributed by atoms with van der Waals surface area (Å²) in [5, 5.41) is 9.78. The molecule has 2 fully saturated rings. The van der Waals surface area contributed by atoms with Crippen LogP contribution in [0.25, 0.3) is 0 Å². The van der Waals surface area contributed by atoms with Gasteiger partial charge < -0.3 is 14.7 Å². The van der Waals surface area contributed by atoms with E-state index in [4.69, 9.17) is 4.74 Å². The highest BCUT2D eigenvalue weighted by atomic mass is 79.9. The number of ether oxygens (including phenoxy) is 1. The second kappa shape index (κ2) is 6.26. The van der Waals surface area contributed by atoms with Crippen molar-refractivity contribution in [3.05, 3.63) is 27.1 Å². The smallest absolute Gasteiger partial charge is 0.261 e. The molecule has 1 aromatic carbocycles. The first-order valence-electron chi connectivity index (χ1n) is 7.11. The number of hydrogen-bond acceptors (Lipinski definition) is 3. The Hall–Kier alpha value is -0.590. The van der Waals surface area contributed by atoms with Crippen molar-refractivity contribution in [3.8, 4) is 5.75 Å². The zero-order valence-corrected chi connectivity index (χ0v) is 14.6. The van der Waals surface area contributed by atoms with E-state index in [0.29, 0.717) is 18.6 Å². The molecule has 2 aliphatic rings. The van der Waals surface area contributed by atoms with E-state index in [1.54, 1.807) is 0 Å². The summed E-state index contributed by atoms with van der Waals surface area (Å²) in [6.45, 7) is 0.0450. The van der Waals surface area contributed by atoms with Crippen LogP contribution in [0.4, 0.5) is 0 Å². The highest BCUT2D eigenvalue weighted by Crippen LogP contribution is 2.36. The van der Waals surface area contributed by atoms with Crippen LogP contribution in [0.1, 0.15) is 25.7 Å². The summed E-state index contributed by atoms with van der Waals surface area (Å²) in [6.07, 6.45) is 3.13. The first-order chi connectivity index (χ1) is 10.0. The zero-order valence-electron chi connectivity index (χ0n) is 11.5. The fourth-order valence-electron chi connectivity index (χ4n) is 3.36. The topological polar surface area (TPSA) is 49.8 Å². The number of carbonyl (C=O) groups excluding carboxylic acids is 1. The van der Waals surface area contributed by atoms with Crippen LogP contribution in [0.2, 0.25) is 0 Å². The summed E-state index contributed by atoms with van der Waals surface area (Å²) in [6, 6.07) is 5.97. The van der Waals surface area contributed by atoms with Crippen LogP contribution in [0.5, 0.6) is 5.75 Å². The molecule has 1 aromatic rings. The largest absolute Gasteiger partial charge is 0.483 e. The Bertz CT molecular complexity index is 538. The molecule has 2 atom stereocenters. The number of rotatable bonds is 3. The van der Waals surface area contributed by atoms with Crippen LogP contribution in [-0.2, 0) is 4.79 Å². The van der Waals surface area contributed by atoms with Gasteiger partial charge in [0.2, 0.25) is 0 Å². The Kier molecular flexibility index (Phi) is 4.57. The minimum absolute atomic E-state index is 0.0178. The van der Waals surface area contributed by atoms with Crippen molar-refractivity contribution in [1.82, 2.24) is 4.90 Å². The number of aliphatic hydroxyl groups is 1. The fraction of sp³-hybridized carbons (Fsp3) is 0.533. The molecule has 0 aromatic heterocycles. The van der Waals surface area contributed by atoms with Crippen molar-refractivity contribution in [2.24, 2.45) is 0 Å². The van der Waals surface area contributed by atoms with Crippen molar-refractivity contribution in [2.45, 2.75) is 43.9 Å². The lowest BCUT2D eigenvalue weighted by molar-refractivity contribution is -0.139. The molecular weight excluding hydrogens is 402 g/mol. The van der Waals surface area contributed by atoms with E-state index in [9.17, 15) is 9.90 Å². The summed E-state index contributed by atoms with van der Waals surface area (Å²) < 4.78 is 7.41. The highest BCUT2D eigenvalue weighted by molar-refractivity contribution is 9.11. The molecule has 0 aliphatic carbocycles. The molecule has 0 saturated carbocycles. The van der Waals surface area contributed by atoms with Gasteiger partial charge in [0, 0.05) is 16.6 Å². The molecule has 0 spiro atoms. The van der Waals surface area contributed by atoms with Crippen molar-refractivity contribution in [3.63, 3.8) is 0 Å². The number of hydrogen-bond donors (Lipinski definition) is 1. The van der Waals surface area contributed by atoms with E-state index in [2.05, 4.69) is 31.9 Å². The van der Waals surface area contributed by atoms with E-state index >= 15 is 0 Å². The third-order valence-electron chi connectivity index (χ3n) is 4.24. The third-order valence-corrected chi connectivity index (χ3v) is 5.35. The minimum Gasteiger partial charge on any atom is -0.483 e. The van der Waals surface area contributed by atoms with E-state index in [0.717, 1.165) is 21.8 Å². The van der Waals surface area contributed by atoms with Gasteiger partial charge in [0.1, 0.15) is 5.75 Å². The molecule has 1 N–H and O–H groups in total. The number of halogens is 2. The van der Waals surface area contributed by atoms with Gasteiger partial charge in [0.05, 0.1) is 10.6 Å². The second-order valence-corrected chi connectivity index (χ2v) is 7.44. The van der Waals surface area contributed by atoms with E-state index in [-0.39, 0.29) is 30.7 Å². The summed E-state index contributed by atoms with van der Waals surface area (Å²) in [5.74, 6) is 0.681. The summed E-state index contributed by atoms with van der Waals surface area (Å²) >= 11 is 6.81.